The Hall–Kier alpha value is -1.85. The maximum Gasteiger partial charge on any atom is 0.224 e. The van der Waals surface area contributed by atoms with E-state index in [0.717, 1.165) is 24.3 Å². The zero-order valence-electron chi connectivity index (χ0n) is 12.1. The Morgan fingerprint density at radius 3 is 2.62 bits per heavy atom. The van der Waals surface area contributed by atoms with Crippen molar-refractivity contribution in [3.63, 3.8) is 0 Å². The Balaban J connectivity index is 0.00000220. The number of nitrogens with one attached hydrogen (secondary N) is 2. The van der Waals surface area contributed by atoms with Crippen LogP contribution < -0.4 is 10.6 Å². The monoisotopic (exact) mass is 308 g/mol. The Morgan fingerprint density at radius 1 is 1.24 bits per heavy atom. The molecule has 0 atom stereocenters. The third-order valence-corrected chi connectivity index (χ3v) is 2.94. The van der Waals surface area contributed by atoms with Gasteiger partial charge in [0.1, 0.15) is 0 Å². The average Bonchev–Trinajstić information content (AvgIpc) is 2.99. The number of likely N-dealkylation sites (N-methyl/N-ethyl adjacent to an activating group) is 1. The quantitative estimate of drug-likeness (QED) is 0.763. The van der Waals surface area contributed by atoms with E-state index in [1.165, 1.54) is 0 Å². The second-order valence-corrected chi connectivity index (χ2v) is 4.50. The molecular weight excluding hydrogens is 288 g/mol. The highest BCUT2D eigenvalue weighted by molar-refractivity contribution is 5.85. The van der Waals surface area contributed by atoms with Crippen molar-refractivity contribution in [1.82, 2.24) is 20.4 Å². The number of benzene rings is 1. The van der Waals surface area contributed by atoms with Crippen molar-refractivity contribution >= 4 is 18.3 Å². The highest BCUT2D eigenvalue weighted by Crippen LogP contribution is 2.09. The van der Waals surface area contributed by atoms with Crippen LogP contribution in [0.1, 0.15) is 12.5 Å². The van der Waals surface area contributed by atoms with E-state index in [9.17, 15) is 4.79 Å². The average molecular weight is 309 g/mol. The molecular formula is C15H21ClN4O. The van der Waals surface area contributed by atoms with Crippen molar-refractivity contribution in [2.75, 3.05) is 19.6 Å². The van der Waals surface area contributed by atoms with Crippen LogP contribution in [0, 0.1) is 0 Å². The molecule has 0 aliphatic heterocycles. The SMILES string of the molecule is CCNCCNC(=O)Cc1ccc(-n2cccn2)cc1.Cl. The number of nitrogens with zero attached hydrogens (tertiary/aromatic N) is 2. The fourth-order valence-corrected chi connectivity index (χ4v) is 1.90. The molecule has 2 rings (SSSR count). The van der Waals surface area contributed by atoms with Crippen molar-refractivity contribution in [3.8, 4) is 5.69 Å². The van der Waals surface area contributed by atoms with Crippen LogP contribution in [0.4, 0.5) is 0 Å². The van der Waals surface area contributed by atoms with Gasteiger partial charge in [0.05, 0.1) is 12.1 Å². The number of carbonyl (C=O) groups excluding carboxylic acids is 1. The van der Waals surface area contributed by atoms with Gasteiger partial charge in [-0.05, 0) is 30.3 Å². The van der Waals surface area contributed by atoms with Crippen LogP contribution in [-0.2, 0) is 11.2 Å². The van der Waals surface area contributed by atoms with Crippen molar-refractivity contribution < 1.29 is 4.79 Å². The first kappa shape index (κ1) is 17.2. The van der Waals surface area contributed by atoms with Crippen molar-refractivity contribution in [2.24, 2.45) is 0 Å². The smallest absolute Gasteiger partial charge is 0.224 e. The number of carbonyl (C=O) groups is 1. The van der Waals surface area contributed by atoms with Gasteiger partial charge in [-0.15, -0.1) is 12.4 Å². The van der Waals surface area contributed by atoms with Gasteiger partial charge in [0.15, 0.2) is 0 Å². The van der Waals surface area contributed by atoms with E-state index < -0.39 is 0 Å². The zero-order chi connectivity index (χ0) is 14.2. The normalized spacial score (nSPS) is 9.95. The number of hydrogen-bond acceptors (Lipinski definition) is 3. The topological polar surface area (TPSA) is 58.9 Å². The number of aromatic nitrogens is 2. The van der Waals surface area contributed by atoms with E-state index in [4.69, 9.17) is 0 Å². The lowest BCUT2D eigenvalue weighted by molar-refractivity contribution is -0.120. The lowest BCUT2D eigenvalue weighted by Crippen LogP contribution is -2.32. The minimum Gasteiger partial charge on any atom is -0.355 e. The molecule has 0 aliphatic rings. The molecule has 21 heavy (non-hydrogen) atoms. The van der Waals surface area contributed by atoms with Crippen LogP contribution >= 0.6 is 12.4 Å². The van der Waals surface area contributed by atoms with Gasteiger partial charge in [-0.2, -0.15) is 5.10 Å². The zero-order valence-corrected chi connectivity index (χ0v) is 12.9. The van der Waals surface area contributed by atoms with E-state index in [2.05, 4.69) is 15.7 Å². The Bertz CT molecular complexity index is 525. The largest absolute Gasteiger partial charge is 0.355 e. The highest BCUT2D eigenvalue weighted by Gasteiger charge is 2.03. The minimum atomic E-state index is 0. The van der Waals surface area contributed by atoms with Crippen LogP contribution in [0.2, 0.25) is 0 Å². The number of amides is 1. The minimum absolute atomic E-state index is 0. The summed E-state index contributed by atoms with van der Waals surface area (Å²) in [5.74, 6) is 0.0507. The number of hydrogen-bond donors (Lipinski definition) is 2. The van der Waals surface area contributed by atoms with Gasteiger partial charge in [0.25, 0.3) is 0 Å². The van der Waals surface area contributed by atoms with Gasteiger partial charge in [0, 0.05) is 25.5 Å². The van der Waals surface area contributed by atoms with Crippen molar-refractivity contribution in [1.29, 1.82) is 0 Å². The molecule has 0 radical (unpaired) electrons. The lowest BCUT2D eigenvalue weighted by atomic mass is 10.1. The van der Waals surface area contributed by atoms with E-state index in [1.807, 2.05) is 43.5 Å². The van der Waals surface area contributed by atoms with Crippen LogP contribution in [0.25, 0.3) is 5.69 Å². The van der Waals surface area contributed by atoms with Gasteiger partial charge < -0.3 is 10.6 Å². The molecule has 0 spiro atoms. The molecule has 1 aromatic heterocycles. The molecule has 1 aromatic carbocycles. The van der Waals surface area contributed by atoms with Gasteiger partial charge >= 0.3 is 0 Å². The van der Waals surface area contributed by atoms with Crippen LogP contribution in [0.5, 0.6) is 0 Å². The summed E-state index contributed by atoms with van der Waals surface area (Å²) >= 11 is 0. The first-order valence-corrected chi connectivity index (χ1v) is 6.86. The predicted molar refractivity (Wildman–Crippen MR) is 86.1 cm³/mol. The third-order valence-electron chi connectivity index (χ3n) is 2.94. The summed E-state index contributed by atoms with van der Waals surface area (Å²) in [5.41, 5.74) is 1.99. The standard InChI is InChI=1S/C15H20N4O.ClH/c1-2-16-9-10-17-15(20)12-13-4-6-14(7-5-13)19-11-3-8-18-19;/h3-8,11,16H,2,9-10,12H2,1H3,(H,17,20);1H. The maximum atomic E-state index is 11.7. The second kappa shape index (κ2) is 9.15. The Kier molecular flexibility index (Phi) is 7.50. The Labute approximate surface area is 131 Å². The molecule has 1 heterocycles. The fourth-order valence-electron chi connectivity index (χ4n) is 1.90. The highest BCUT2D eigenvalue weighted by atomic mass is 35.5. The summed E-state index contributed by atoms with van der Waals surface area (Å²) in [6.45, 7) is 4.44. The van der Waals surface area contributed by atoms with Crippen LogP contribution in [0.3, 0.4) is 0 Å². The van der Waals surface area contributed by atoms with Crippen LogP contribution in [-0.4, -0.2) is 35.3 Å². The van der Waals surface area contributed by atoms with Crippen molar-refractivity contribution in [2.45, 2.75) is 13.3 Å². The molecule has 6 heteroatoms. The van der Waals surface area contributed by atoms with Gasteiger partial charge in [-0.25, -0.2) is 4.68 Å². The number of halogens is 1. The summed E-state index contributed by atoms with van der Waals surface area (Å²) < 4.78 is 1.79. The molecule has 0 aliphatic carbocycles. The fraction of sp³-hybridized carbons (Fsp3) is 0.333. The molecule has 0 unspecified atom stereocenters. The molecule has 5 nitrogen and oxygen atoms in total. The van der Waals surface area contributed by atoms with Crippen molar-refractivity contribution in [3.05, 3.63) is 48.3 Å². The molecule has 0 saturated carbocycles. The lowest BCUT2D eigenvalue weighted by Gasteiger charge is -2.06. The third kappa shape index (κ3) is 5.57. The molecule has 114 valence electrons. The summed E-state index contributed by atoms with van der Waals surface area (Å²) in [6, 6.07) is 9.73. The van der Waals surface area contributed by atoms with E-state index >= 15 is 0 Å². The molecule has 0 saturated heterocycles. The second-order valence-electron chi connectivity index (χ2n) is 4.50. The molecule has 2 N–H and O–H groups in total. The summed E-state index contributed by atoms with van der Waals surface area (Å²) in [5, 5.41) is 10.2. The van der Waals surface area contributed by atoms with Gasteiger partial charge in [-0.1, -0.05) is 19.1 Å². The molecule has 0 bridgehead atoms. The molecule has 1 amide bonds. The summed E-state index contributed by atoms with van der Waals surface area (Å²) in [6.07, 6.45) is 4.04. The molecule has 0 fully saturated rings. The maximum absolute atomic E-state index is 11.7. The first-order chi connectivity index (χ1) is 9.79. The Morgan fingerprint density at radius 2 is 2.00 bits per heavy atom. The summed E-state index contributed by atoms with van der Waals surface area (Å²) in [7, 11) is 0. The van der Waals surface area contributed by atoms with Gasteiger partial charge in [0.2, 0.25) is 5.91 Å². The van der Waals surface area contributed by atoms with E-state index in [1.54, 1.807) is 10.9 Å². The predicted octanol–water partition coefficient (Wildman–Crippen LogP) is 1.56. The molecule has 2 aromatic rings. The van der Waals surface area contributed by atoms with Crippen LogP contribution in [0.15, 0.2) is 42.7 Å². The summed E-state index contributed by atoms with van der Waals surface area (Å²) in [4.78, 5) is 11.7. The first-order valence-electron chi connectivity index (χ1n) is 6.86. The number of rotatable bonds is 7. The van der Waals surface area contributed by atoms with E-state index in [0.29, 0.717) is 13.0 Å². The van der Waals surface area contributed by atoms with Gasteiger partial charge in [-0.3, -0.25) is 4.79 Å². The van der Waals surface area contributed by atoms with E-state index in [-0.39, 0.29) is 18.3 Å².